The maximum Gasteiger partial charge on any atom is 0.250 e. The number of benzene rings is 1. The normalized spacial score (nSPS) is 21.6. The first-order chi connectivity index (χ1) is 7.38. The van der Waals surface area contributed by atoms with E-state index in [9.17, 15) is 13.2 Å². The van der Waals surface area contributed by atoms with E-state index in [2.05, 4.69) is 15.9 Å². The van der Waals surface area contributed by atoms with Crippen molar-refractivity contribution in [1.29, 1.82) is 0 Å². The molecule has 0 aliphatic heterocycles. The lowest BCUT2D eigenvalue weighted by Crippen LogP contribution is -2.54. The first kappa shape index (κ1) is 11.9. The topological polar surface area (TPSA) is 26.0 Å². The number of alkyl halides is 2. The highest BCUT2D eigenvalue weighted by Gasteiger charge is 2.57. The molecule has 1 saturated carbocycles. The van der Waals surface area contributed by atoms with Crippen molar-refractivity contribution >= 4 is 15.9 Å². The van der Waals surface area contributed by atoms with Crippen LogP contribution in [-0.2, 0) is 5.41 Å². The molecule has 0 aromatic heterocycles. The van der Waals surface area contributed by atoms with Crippen LogP contribution in [-0.4, -0.2) is 12.5 Å². The van der Waals surface area contributed by atoms with Gasteiger partial charge in [0.15, 0.2) is 0 Å². The van der Waals surface area contributed by atoms with E-state index < -0.39 is 17.2 Å². The van der Waals surface area contributed by atoms with Gasteiger partial charge in [-0.25, -0.2) is 13.2 Å². The summed E-state index contributed by atoms with van der Waals surface area (Å²) in [6.07, 6.45) is -0.742. The third-order valence-corrected chi connectivity index (χ3v) is 3.58. The van der Waals surface area contributed by atoms with Crippen LogP contribution in [0.25, 0.3) is 0 Å². The predicted molar refractivity (Wildman–Crippen MR) is 59.0 cm³/mol. The monoisotopic (exact) mass is 293 g/mol. The molecule has 1 fully saturated rings. The zero-order valence-electron chi connectivity index (χ0n) is 8.44. The van der Waals surface area contributed by atoms with Gasteiger partial charge in [0.2, 0.25) is 5.92 Å². The summed E-state index contributed by atoms with van der Waals surface area (Å²) in [5.74, 6) is -3.18. The van der Waals surface area contributed by atoms with Gasteiger partial charge < -0.3 is 5.73 Å². The molecule has 0 unspecified atom stereocenters. The minimum absolute atomic E-state index is 0.0377. The highest BCUT2D eigenvalue weighted by atomic mass is 79.9. The fourth-order valence-corrected chi connectivity index (χ4v) is 2.65. The Balaban J connectivity index is 2.39. The van der Waals surface area contributed by atoms with E-state index in [-0.39, 0.29) is 24.9 Å². The van der Waals surface area contributed by atoms with Crippen LogP contribution >= 0.6 is 15.9 Å². The van der Waals surface area contributed by atoms with Crippen LogP contribution in [0, 0.1) is 5.82 Å². The third-order valence-electron chi connectivity index (χ3n) is 3.08. The number of rotatable bonds is 2. The maximum atomic E-state index is 13.6. The van der Waals surface area contributed by atoms with Gasteiger partial charge in [-0.05, 0) is 23.8 Å². The Labute approximate surface area is 100.0 Å². The number of hydrogen-bond acceptors (Lipinski definition) is 1. The zero-order valence-corrected chi connectivity index (χ0v) is 10.0. The van der Waals surface area contributed by atoms with Gasteiger partial charge in [0.05, 0.1) is 0 Å². The van der Waals surface area contributed by atoms with Crippen molar-refractivity contribution in [1.82, 2.24) is 0 Å². The quantitative estimate of drug-likeness (QED) is 0.890. The molecule has 0 amide bonds. The highest BCUT2D eigenvalue weighted by Crippen LogP contribution is 2.53. The molecule has 0 atom stereocenters. The summed E-state index contributed by atoms with van der Waals surface area (Å²) in [6, 6.07) is 4.35. The van der Waals surface area contributed by atoms with E-state index in [0.29, 0.717) is 4.47 Å². The fourth-order valence-electron chi connectivity index (χ4n) is 2.29. The van der Waals surface area contributed by atoms with Gasteiger partial charge in [-0.1, -0.05) is 15.9 Å². The van der Waals surface area contributed by atoms with Crippen molar-refractivity contribution in [3.63, 3.8) is 0 Å². The number of hydrogen-bond donors (Lipinski definition) is 1. The lowest BCUT2D eigenvalue weighted by molar-refractivity contribution is -0.124. The highest BCUT2D eigenvalue weighted by molar-refractivity contribution is 9.10. The Morgan fingerprint density at radius 2 is 1.94 bits per heavy atom. The van der Waals surface area contributed by atoms with Gasteiger partial charge in [0.1, 0.15) is 5.82 Å². The minimum Gasteiger partial charge on any atom is -0.330 e. The van der Waals surface area contributed by atoms with Crippen molar-refractivity contribution in [3.05, 3.63) is 34.1 Å². The number of nitrogens with two attached hydrogens (primary N) is 1. The van der Waals surface area contributed by atoms with E-state index in [4.69, 9.17) is 5.73 Å². The van der Waals surface area contributed by atoms with Crippen LogP contribution in [0.2, 0.25) is 0 Å². The predicted octanol–water partition coefficient (Wildman–Crippen LogP) is 3.21. The van der Waals surface area contributed by atoms with Gasteiger partial charge in [-0.15, -0.1) is 0 Å². The molecular formula is C11H11BrF3N. The van der Waals surface area contributed by atoms with Crippen LogP contribution in [0.1, 0.15) is 18.4 Å². The summed E-state index contributed by atoms with van der Waals surface area (Å²) in [5, 5.41) is 0. The van der Waals surface area contributed by atoms with Crippen LogP contribution < -0.4 is 5.73 Å². The molecule has 1 aromatic carbocycles. The van der Waals surface area contributed by atoms with Gasteiger partial charge in [-0.3, -0.25) is 0 Å². The van der Waals surface area contributed by atoms with Gasteiger partial charge in [0, 0.05) is 29.3 Å². The molecule has 16 heavy (non-hydrogen) atoms. The average molecular weight is 294 g/mol. The molecule has 1 aliphatic carbocycles. The van der Waals surface area contributed by atoms with E-state index in [1.165, 1.54) is 12.1 Å². The molecule has 0 bridgehead atoms. The van der Waals surface area contributed by atoms with Crippen LogP contribution in [0.5, 0.6) is 0 Å². The van der Waals surface area contributed by atoms with Crippen LogP contribution in [0.4, 0.5) is 13.2 Å². The summed E-state index contributed by atoms with van der Waals surface area (Å²) < 4.78 is 40.2. The lowest BCUT2D eigenvalue weighted by Gasteiger charge is -2.47. The van der Waals surface area contributed by atoms with Gasteiger partial charge >= 0.3 is 0 Å². The Kier molecular flexibility index (Phi) is 2.78. The Morgan fingerprint density at radius 1 is 1.31 bits per heavy atom. The summed E-state index contributed by atoms with van der Waals surface area (Å²) in [5.41, 5.74) is 4.91. The largest absolute Gasteiger partial charge is 0.330 e. The van der Waals surface area contributed by atoms with Gasteiger partial charge in [0.25, 0.3) is 0 Å². The lowest BCUT2D eigenvalue weighted by atomic mass is 9.62. The van der Waals surface area contributed by atoms with E-state index in [1.807, 2.05) is 0 Å². The summed E-state index contributed by atoms with van der Waals surface area (Å²) in [4.78, 5) is 0. The first-order valence-corrected chi connectivity index (χ1v) is 5.71. The summed E-state index contributed by atoms with van der Waals surface area (Å²) >= 11 is 3.20. The van der Waals surface area contributed by atoms with Crippen molar-refractivity contribution in [2.24, 2.45) is 5.73 Å². The molecule has 5 heteroatoms. The third kappa shape index (κ3) is 1.86. The van der Waals surface area contributed by atoms with E-state index in [1.54, 1.807) is 6.07 Å². The average Bonchev–Trinajstić information content (AvgIpc) is 2.17. The summed E-state index contributed by atoms with van der Waals surface area (Å²) in [7, 11) is 0. The molecule has 0 heterocycles. The molecule has 1 aromatic rings. The SMILES string of the molecule is NCC1(c2cc(Br)ccc2F)CC(F)(F)C1. The van der Waals surface area contributed by atoms with Crippen LogP contribution in [0.3, 0.4) is 0 Å². The van der Waals surface area contributed by atoms with Gasteiger partial charge in [-0.2, -0.15) is 0 Å². The summed E-state index contributed by atoms with van der Waals surface area (Å²) in [6.45, 7) is 0.0377. The molecule has 0 saturated heterocycles. The molecular weight excluding hydrogens is 283 g/mol. The molecule has 1 nitrogen and oxygen atoms in total. The molecule has 88 valence electrons. The molecule has 2 rings (SSSR count). The molecule has 0 spiro atoms. The second-order valence-corrected chi connectivity index (χ2v) is 5.23. The van der Waals surface area contributed by atoms with Crippen molar-refractivity contribution in [2.75, 3.05) is 6.54 Å². The minimum atomic E-state index is -2.71. The molecule has 0 radical (unpaired) electrons. The molecule has 2 N–H and O–H groups in total. The maximum absolute atomic E-state index is 13.6. The second-order valence-electron chi connectivity index (χ2n) is 4.32. The molecule has 1 aliphatic rings. The standard InChI is InChI=1S/C11H11BrF3N/c12-7-1-2-9(13)8(3-7)10(6-16)4-11(14,15)5-10/h1-3H,4-6,16H2. The zero-order chi connectivity index (χ0) is 12.0. The Bertz CT molecular complexity index is 412. The van der Waals surface area contributed by atoms with E-state index >= 15 is 0 Å². The van der Waals surface area contributed by atoms with E-state index in [0.717, 1.165) is 0 Å². The van der Waals surface area contributed by atoms with Crippen molar-refractivity contribution in [3.8, 4) is 0 Å². The second kappa shape index (κ2) is 3.74. The van der Waals surface area contributed by atoms with Crippen molar-refractivity contribution < 1.29 is 13.2 Å². The first-order valence-electron chi connectivity index (χ1n) is 4.92. The number of halogens is 4. The van der Waals surface area contributed by atoms with Crippen LogP contribution in [0.15, 0.2) is 22.7 Å². The Morgan fingerprint density at radius 3 is 2.44 bits per heavy atom. The smallest absolute Gasteiger partial charge is 0.250 e. The van der Waals surface area contributed by atoms with Crippen molar-refractivity contribution in [2.45, 2.75) is 24.2 Å². The fraction of sp³-hybridized carbons (Fsp3) is 0.455. The Hall–Kier alpha value is -0.550.